The van der Waals surface area contributed by atoms with Gasteiger partial charge in [-0.25, -0.2) is 0 Å². The number of rotatable bonds is 3. The van der Waals surface area contributed by atoms with Crippen LogP contribution in [0, 0.1) is 0 Å². The Labute approximate surface area is 260 Å². The molecule has 0 saturated heterocycles. The molecule has 0 amide bonds. The maximum absolute atomic E-state index is 6.56. The van der Waals surface area contributed by atoms with Crippen molar-refractivity contribution in [2.24, 2.45) is 0 Å². The average molecular weight is 571 g/mol. The summed E-state index contributed by atoms with van der Waals surface area (Å²) in [7, 11) is 0. The summed E-state index contributed by atoms with van der Waals surface area (Å²) < 4.78 is 6.56. The quantitative estimate of drug-likeness (QED) is 0.192. The Morgan fingerprint density at radius 1 is 0.289 bits per heavy atom. The number of fused-ring (bicyclic) bond motifs is 2. The van der Waals surface area contributed by atoms with Crippen LogP contribution in [0.1, 0.15) is 0 Å². The molecular weight excluding hydrogens is 544 g/mol. The van der Waals surface area contributed by atoms with Gasteiger partial charge in [0.25, 0.3) is 0 Å². The smallest absolute Gasteiger partial charge is 0.135 e. The molecule has 1 aliphatic heterocycles. The number of hydrogen-bond acceptors (Lipinski definition) is 1. The van der Waals surface area contributed by atoms with Crippen LogP contribution in [0.15, 0.2) is 158 Å². The summed E-state index contributed by atoms with van der Waals surface area (Å²) in [6.45, 7) is 0. The Balaban J connectivity index is 1.20. The molecule has 0 aliphatic carbocycles. The molecular formula is C44H26O. The Bertz CT molecular complexity index is 2590. The molecule has 0 spiro atoms. The lowest BCUT2D eigenvalue weighted by atomic mass is 9.87. The Morgan fingerprint density at radius 2 is 0.911 bits per heavy atom. The predicted molar refractivity (Wildman–Crippen MR) is 189 cm³/mol. The Kier molecular flexibility index (Phi) is 5.06. The number of hydrogen-bond donors (Lipinski definition) is 0. The van der Waals surface area contributed by atoms with Gasteiger partial charge in [-0.1, -0.05) is 121 Å². The molecule has 0 aromatic heterocycles. The minimum Gasteiger partial charge on any atom is -0.456 e. The second-order valence-corrected chi connectivity index (χ2v) is 12.1. The van der Waals surface area contributed by atoms with E-state index in [4.69, 9.17) is 4.74 Å². The monoisotopic (exact) mass is 570 g/mol. The molecule has 45 heavy (non-hydrogen) atoms. The molecule has 0 saturated carbocycles. The number of ether oxygens (including phenoxy) is 1. The molecule has 0 fully saturated rings. The van der Waals surface area contributed by atoms with Crippen LogP contribution in [0.3, 0.4) is 0 Å². The van der Waals surface area contributed by atoms with E-state index in [9.17, 15) is 0 Å². The molecule has 10 rings (SSSR count). The zero-order chi connectivity index (χ0) is 29.5. The maximum Gasteiger partial charge on any atom is 0.135 e. The van der Waals surface area contributed by atoms with Gasteiger partial charge < -0.3 is 4.74 Å². The van der Waals surface area contributed by atoms with Gasteiger partial charge in [0, 0.05) is 10.9 Å². The standard InChI is InChI=1S/C44H26O/c1-2-7-27(8-3-1)33-23-34(32-19-21-37-38-13-5-11-28-12-6-14-40(43(28)38)45-41(37)26-32)25-35(24-33)36-20-17-31-16-15-29-9-4-10-30-18-22-39(36)44(31)42(29)30/h1-26H. The van der Waals surface area contributed by atoms with E-state index in [1.165, 1.54) is 76.5 Å². The van der Waals surface area contributed by atoms with E-state index >= 15 is 0 Å². The molecule has 1 heterocycles. The van der Waals surface area contributed by atoms with Gasteiger partial charge in [-0.3, -0.25) is 0 Å². The van der Waals surface area contributed by atoms with Crippen LogP contribution in [0.5, 0.6) is 11.5 Å². The lowest BCUT2D eigenvalue weighted by Crippen LogP contribution is -1.97. The SMILES string of the molecule is c1ccc(-c2cc(-c3ccc4c(c3)Oc3cccc5cccc-4c35)cc(-c3ccc4ccc5cccc6ccc3c4c56)c2)cc1. The first-order chi connectivity index (χ1) is 22.3. The molecule has 208 valence electrons. The molecule has 9 aromatic carbocycles. The van der Waals surface area contributed by atoms with E-state index in [0.717, 1.165) is 22.6 Å². The maximum atomic E-state index is 6.56. The molecule has 9 aromatic rings. The van der Waals surface area contributed by atoms with Crippen molar-refractivity contribution in [2.75, 3.05) is 0 Å². The highest BCUT2D eigenvalue weighted by molar-refractivity contribution is 6.25. The van der Waals surface area contributed by atoms with Crippen molar-refractivity contribution >= 4 is 43.1 Å². The van der Waals surface area contributed by atoms with E-state index in [2.05, 4.69) is 158 Å². The summed E-state index contributed by atoms with van der Waals surface area (Å²) in [6.07, 6.45) is 0. The van der Waals surface area contributed by atoms with Crippen molar-refractivity contribution in [3.05, 3.63) is 158 Å². The highest BCUT2D eigenvalue weighted by Crippen LogP contribution is 2.48. The summed E-state index contributed by atoms with van der Waals surface area (Å²) >= 11 is 0. The van der Waals surface area contributed by atoms with Gasteiger partial charge in [0.2, 0.25) is 0 Å². The highest BCUT2D eigenvalue weighted by Gasteiger charge is 2.21. The molecule has 0 atom stereocenters. The molecule has 1 aliphatic rings. The second kappa shape index (κ2) is 9.29. The van der Waals surface area contributed by atoms with Crippen LogP contribution in [0.4, 0.5) is 0 Å². The first kappa shape index (κ1) is 24.5. The zero-order valence-corrected chi connectivity index (χ0v) is 24.4. The fourth-order valence-electron chi connectivity index (χ4n) is 7.48. The van der Waals surface area contributed by atoms with Crippen molar-refractivity contribution < 1.29 is 4.74 Å². The molecule has 0 bridgehead atoms. The van der Waals surface area contributed by atoms with E-state index in [1.807, 2.05) is 0 Å². The van der Waals surface area contributed by atoms with E-state index in [1.54, 1.807) is 0 Å². The van der Waals surface area contributed by atoms with Crippen LogP contribution in [-0.2, 0) is 0 Å². The lowest BCUT2D eigenvalue weighted by Gasteiger charge is -2.22. The first-order valence-electron chi connectivity index (χ1n) is 15.5. The van der Waals surface area contributed by atoms with Crippen molar-refractivity contribution in [2.45, 2.75) is 0 Å². The van der Waals surface area contributed by atoms with E-state index < -0.39 is 0 Å². The van der Waals surface area contributed by atoms with Crippen molar-refractivity contribution in [1.82, 2.24) is 0 Å². The molecule has 0 radical (unpaired) electrons. The predicted octanol–water partition coefficient (Wildman–Crippen LogP) is 12.5. The van der Waals surface area contributed by atoms with Crippen LogP contribution in [0.25, 0.3) is 87.6 Å². The number of benzene rings is 9. The minimum atomic E-state index is 0.896. The molecule has 0 N–H and O–H groups in total. The topological polar surface area (TPSA) is 9.23 Å². The molecule has 1 nitrogen and oxygen atoms in total. The third-order valence-corrected chi connectivity index (χ3v) is 9.57. The second-order valence-electron chi connectivity index (χ2n) is 12.1. The Hall–Kier alpha value is -5.92. The molecule has 0 unspecified atom stereocenters. The summed E-state index contributed by atoms with van der Waals surface area (Å²) in [5.41, 5.74) is 9.51. The van der Waals surface area contributed by atoms with Gasteiger partial charge in [0.15, 0.2) is 0 Å². The minimum absolute atomic E-state index is 0.896. The van der Waals surface area contributed by atoms with Crippen LogP contribution in [-0.4, -0.2) is 0 Å². The average Bonchev–Trinajstić information content (AvgIpc) is 3.11. The first-order valence-corrected chi connectivity index (χ1v) is 15.5. The van der Waals surface area contributed by atoms with Crippen LogP contribution >= 0.6 is 0 Å². The zero-order valence-electron chi connectivity index (χ0n) is 24.4. The summed E-state index contributed by atoms with van der Waals surface area (Å²) in [6, 6.07) is 57.4. The van der Waals surface area contributed by atoms with Crippen LogP contribution in [0.2, 0.25) is 0 Å². The van der Waals surface area contributed by atoms with Gasteiger partial charge in [-0.05, 0) is 113 Å². The van der Waals surface area contributed by atoms with Crippen molar-refractivity contribution in [1.29, 1.82) is 0 Å². The fourth-order valence-corrected chi connectivity index (χ4v) is 7.48. The summed E-state index contributed by atoms with van der Waals surface area (Å²) in [5, 5.41) is 10.2. The normalized spacial score (nSPS) is 12.2. The van der Waals surface area contributed by atoms with Gasteiger partial charge >= 0.3 is 0 Å². The third-order valence-electron chi connectivity index (χ3n) is 9.57. The van der Waals surface area contributed by atoms with E-state index in [-0.39, 0.29) is 0 Å². The van der Waals surface area contributed by atoms with Crippen molar-refractivity contribution in [3.8, 4) is 56.0 Å². The van der Waals surface area contributed by atoms with Gasteiger partial charge in [0.05, 0.1) is 0 Å². The van der Waals surface area contributed by atoms with Crippen LogP contribution < -0.4 is 4.74 Å². The fraction of sp³-hybridized carbons (Fsp3) is 0. The summed E-state index contributed by atoms with van der Waals surface area (Å²) in [4.78, 5) is 0. The van der Waals surface area contributed by atoms with Crippen molar-refractivity contribution in [3.63, 3.8) is 0 Å². The van der Waals surface area contributed by atoms with Gasteiger partial charge in [-0.2, -0.15) is 0 Å². The van der Waals surface area contributed by atoms with Gasteiger partial charge in [-0.15, -0.1) is 0 Å². The van der Waals surface area contributed by atoms with E-state index in [0.29, 0.717) is 0 Å². The summed E-state index contributed by atoms with van der Waals surface area (Å²) in [5.74, 6) is 1.81. The Morgan fingerprint density at radius 3 is 1.73 bits per heavy atom. The lowest BCUT2D eigenvalue weighted by molar-refractivity contribution is 0.487. The largest absolute Gasteiger partial charge is 0.456 e. The highest BCUT2D eigenvalue weighted by atomic mass is 16.5. The van der Waals surface area contributed by atoms with Gasteiger partial charge in [0.1, 0.15) is 11.5 Å². The molecule has 1 heteroatoms. The third kappa shape index (κ3) is 3.68.